The summed E-state index contributed by atoms with van der Waals surface area (Å²) in [5.74, 6) is 0.601. The molecule has 0 aliphatic rings. The highest BCUT2D eigenvalue weighted by Crippen LogP contribution is 2.28. The molecule has 0 radical (unpaired) electrons. The van der Waals surface area contributed by atoms with Crippen molar-refractivity contribution < 1.29 is 8.42 Å². The van der Waals surface area contributed by atoms with Crippen molar-refractivity contribution in [2.75, 3.05) is 6.26 Å². The standard InChI is InChI=1S/C15H15N3O2S/c1-10-8-12-15(16-9-10)18(2)14(17-12)11-6-4-5-7-13(11)21(3,19)20/h4-9H,1-3H3. The molecule has 0 fully saturated rings. The van der Waals surface area contributed by atoms with Gasteiger partial charge in [0.1, 0.15) is 11.3 Å². The number of imidazole rings is 1. The van der Waals surface area contributed by atoms with E-state index >= 15 is 0 Å². The fourth-order valence-corrected chi connectivity index (χ4v) is 3.28. The molecule has 21 heavy (non-hydrogen) atoms. The zero-order valence-electron chi connectivity index (χ0n) is 12.0. The van der Waals surface area contributed by atoms with E-state index in [0.29, 0.717) is 11.4 Å². The van der Waals surface area contributed by atoms with Crippen LogP contribution in [0.25, 0.3) is 22.6 Å². The second-order valence-electron chi connectivity index (χ2n) is 5.12. The van der Waals surface area contributed by atoms with Crippen molar-refractivity contribution in [3.05, 3.63) is 42.1 Å². The molecule has 2 aromatic heterocycles. The normalized spacial score (nSPS) is 12.0. The van der Waals surface area contributed by atoms with E-state index in [1.54, 1.807) is 24.4 Å². The number of nitrogens with zero attached hydrogens (tertiary/aromatic N) is 3. The molecule has 0 saturated heterocycles. The van der Waals surface area contributed by atoms with E-state index < -0.39 is 9.84 Å². The number of rotatable bonds is 2. The summed E-state index contributed by atoms with van der Waals surface area (Å²) in [6, 6.07) is 8.83. The van der Waals surface area contributed by atoms with E-state index in [4.69, 9.17) is 0 Å². The third-order valence-electron chi connectivity index (χ3n) is 3.37. The van der Waals surface area contributed by atoms with Crippen LogP contribution in [0, 0.1) is 6.92 Å². The van der Waals surface area contributed by atoms with E-state index in [9.17, 15) is 8.42 Å². The molecule has 3 rings (SSSR count). The summed E-state index contributed by atoms with van der Waals surface area (Å²) in [6.45, 7) is 1.95. The van der Waals surface area contributed by atoms with Gasteiger partial charge in [-0.2, -0.15) is 0 Å². The maximum absolute atomic E-state index is 12.0. The average Bonchev–Trinajstić information content (AvgIpc) is 2.74. The summed E-state index contributed by atoms with van der Waals surface area (Å²) in [7, 11) is -1.48. The Morgan fingerprint density at radius 2 is 1.90 bits per heavy atom. The number of aromatic nitrogens is 3. The van der Waals surface area contributed by atoms with E-state index in [1.807, 2.05) is 30.7 Å². The molecule has 0 unspecified atom stereocenters. The van der Waals surface area contributed by atoms with Gasteiger partial charge in [0, 0.05) is 25.1 Å². The fraction of sp³-hybridized carbons (Fsp3) is 0.200. The number of pyridine rings is 1. The van der Waals surface area contributed by atoms with Gasteiger partial charge in [0.2, 0.25) is 0 Å². The van der Waals surface area contributed by atoms with Gasteiger partial charge >= 0.3 is 0 Å². The van der Waals surface area contributed by atoms with Crippen molar-refractivity contribution >= 4 is 21.0 Å². The summed E-state index contributed by atoms with van der Waals surface area (Å²) >= 11 is 0. The molecule has 0 N–H and O–H groups in total. The number of sulfone groups is 1. The first kappa shape index (κ1) is 13.8. The molecule has 5 nitrogen and oxygen atoms in total. The highest BCUT2D eigenvalue weighted by molar-refractivity contribution is 7.90. The van der Waals surface area contributed by atoms with E-state index in [1.165, 1.54) is 6.26 Å². The molecular formula is C15H15N3O2S. The first-order valence-electron chi connectivity index (χ1n) is 6.46. The lowest BCUT2D eigenvalue weighted by Gasteiger charge is -2.07. The molecular weight excluding hydrogens is 286 g/mol. The maximum Gasteiger partial charge on any atom is 0.176 e. The predicted molar refractivity (Wildman–Crippen MR) is 81.8 cm³/mol. The van der Waals surface area contributed by atoms with Crippen molar-refractivity contribution in [2.24, 2.45) is 7.05 Å². The van der Waals surface area contributed by atoms with Gasteiger partial charge in [0.25, 0.3) is 0 Å². The molecule has 1 aromatic carbocycles. The monoisotopic (exact) mass is 301 g/mol. The van der Waals surface area contributed by atoms with Gasteiger partial charge in [-0.3, -0.25) is 0 Å². The molecule has 3 aromatic rings. The van der Waals surface area contributed by atoms with Crippen LogP contribution >= 0.6 is 0 Å². The van der Waals surface area contributed by atoms with Gasteiger partial charge in [-0.1, -0.05) is 12.1 Å². The number of hydrogen-bond acceptors (Lipinski definition) is 4. The summed E-state index contributed by atoms with van der Waals surface area (Å²) in [5, 5.41) is 0. The van der Waals surface area contributed by atoms with E-state index in [0.717, 1.165) is 16.7 Å². The molecule has 0 aliphatic carbocycles. The summed E-state index contributed by atoms with van der Waals surface area (Å²) in [4.78, 5) is 9.20. The first-order valence-corrected chi connectivity index (χ1v) is 8.35. The molecule has 108 valence electrons. The van der Waals surface area contributed by atoms with Crippen molar-refractivity contribution in [3.63, 3.8) is 0 Å². The molecule has 0 atom stereocenters. The molecule has 0 spiro atoms. The smallest absolute Gasteiger partial charge is 0.176 e. The topological polar surface area (TPSA) is 64.8 Å². The van der Waals surface area contributed by atoms with Crippen LogP contribution in [0.3, 0.4) is 0 Å². The van der Waals surface area contributed by atoms with Gasteiger partial charge in [-0.05, 0) is 30.7 Å². The molecule has 2 heterocycles. The van der Waals surface area contributed by atoms with Crippen LogP contribution in [0.15, 0.2) is 41.4 Å². The quantitative estimate of drug-likeness (QED) is 0.729. The molecule has 0 aliphatic heterocycles. The molecule has 0 bridgehead atoms. The van der Waals surface area contributed by atoms with Gasteiger partial charge in [0.05, 0.1) is 4.90 Å². The lowest BCUT2D eigenvalue weighted by atomic mass is 10.2. The first-order chi connectivity index (χ1) is 9.88. The van der Waals surface area contributed by atoms with Gasteiger partial charge < -0.3 is 4.57 Å². The Morgan fingerprint density at radius 1 is 1.19 bits per heavy atom. The summed E-state index contributed by atoms with van der Waals surface area (Å²) in [6.07, 6.45) is 2.98. The number of aryl methyl sites for hydroxylation is 2. The van der Waals surface area contributed by atoms with Crippen LogP contribution in [0.5, 0.6) is 0 Å². The Balaban J connectivity index is 2.34. The fourth-order valence-electron chi connectivity index (χ4n) is 2.39. The van der Waals surface area contributed by atoms with Crippen molar-refractivity contribution in [1.82, 2.24) is 14.5 Å². The number of hydrogen-bond donors (Lipinski definition) is 0. The van der Waals surface area contributed by atoms with Crippen LogP contribution < -0.4 is 0 Å². The third kappa shape index (κ3) is 2.31. The minimum Gasteiger partial charge on any atom is -0.312 e. The lowest BCUT2D eigenvalue weighted by molar-refractivity contribution is 0.602. The SMILES string of the molecule is Cc1cnc2c(c1)nc(-c1ccccc1S(C)(=O)=O)n2C. The average molecular weight is 301 g/mol. The van der Waals surface area contributed by atoms with Crippen LogP contribution in [0.1, 0.15) is 5.56 Å². The van der Waals surface area contributed by atoms with Crippen molar-refractivity contribution in [1.29, 1.82) is 0 Å². The van der Waals surface area contributed by atoms with Crippen LogP contribution in [-0.4, -0.2) is 29.2 Å². The molecule has 0 amide bonds. The maximum atomic E-state index is 12.0. The zero-order valence-corrected chi connectivity index (χ0v) is 12.8. The van der Waals surface area contributed by atoms with Crippen LogP contribution in [0.2, 0.25) is 0 Å². The van der Waals surface area contributed by atoms with Crippen LogP contribution in [0.4, 0.5) is 0 Å². The van der Waals surface area contributed by atoms with Crippen LogP contribution in [-0.2, 0) is 16.9 Å². The predicted octanol–water partition coefficient (Wildman–Crippen LogP) is 2.35. The third-order valence-corrected chi connectivity index (χ3v) is 4.53. The highest BCUT2D eigenvalue weighted by Gasteiger charge is 2.18. The van der Waals surface area contributed by atoms with E-state index in [-0.39, 0.29) is 4.90 Å². The minimum atomic E-state index is -3.32. The van der Waals surface area contributed by atoms with Gasteiger partial charge in [-0.25, -0.2) is 18.4 Å². The Hall–Kier alpha value is -2.21. The molecule has 6 heteroatoms. The Labute approximate surface area is 123 Å². The summed E-state index contributed by atoms with van der Waals surface area (Å²) in [5.41, 5.74) is 3.11. The zero-order chi connectivity index (χ0) is 15.2. The number of fused-ring (bicyclic) bond motifs is 1. The Bertz CT molecular complexity index is 943. The lowest BCUT2D eigenvalue weighted by Crippen LogP contribution is -2.02. The largest absolute Gasteiger partial charge is 0.312 e. The highest BCUT2D eigenvalue weighted by atomic mass is 32.2. The molecule has 0 saturated carbocycles. The van der Waals surface area contributed by atoms with Crippen molar-refractivity contribution in [3.8, 4) is 11.4 Å². The minimum absolute atomic E-state index is 0.278. The second kappa shape index (κ2) is 4.66. The van der Waals surface area contributed by atoms with Gasteiger partial charge in [0.15, 0.2) is 15.5 Å². The summed E-state index contributed by atoms with van der Waals surface area (Å²) < 4.78 is 25.7. The Kier molecular flexibility index (Phi) is 3.06. The van der Waals surface area contributed by atoms with Crippen molar-refractivity contribution in [2.45, 2.75) is 11.8 Å². The van der Waals surface area contributed by atoms with E-state index in [2.05, 4.69) is 9.97 Å². The Morgan fingerprint density at radius 3 is 2.62 bits per heavy atom. The number of benzene rings is 1. The second-order valence-corrected chi connectivity index (χ2v) is 7.10. The van der Waals surface area contributed by atoms with Gasteiger partial charge in [-0.15, -0.1) is 0 Å².